The highest BCUT2D eigenvalue weighted by atomic mass is 32.2. The molecule has 2 aliphatic rings. The molecule has 1 aromatic carbocycles. The van der Waals surface area contributed by atoms with E-state index >= 15 is 0 Å². The highest BCUT2D eigenvalue weighted by Gasteiger charge is 2.34. The number of nitrogens with zero attached hydrogens (tertiary/aromatic N) is 4. The molecule has 0 spiro atoms. The van der Waals surface area contributed by atoms with Crippen molar-refractivity contribution in [2.24, 2.45) is 4.99 Å². The Morgan fingerprint density at radius 2 is 2.05 bits per heavy atom. The van der Waals surface area contributed by atoms with Gasteiger partial charge in [0.15, 0.2) is 11.0 Å². The number of hydrogen-bond donors (Lipinski definition) is 0. The van der Waals surface area contributed by atoms with E-state index in [-0.39, 0.29) is 0 Å². The summed E-state index contributed by atoms with van der Waals surface area (Å²) in [6.45, 7) is 0.951. The van der Waals surface area contributed by atoms with Gasteiger partial charge in [0.2, 0.25) is 0 Å². The molecule has 0 unspecified atom stereocenters. The topological polar surface area (TPSA) is 41.4 Å². The molecule has 2 aliphatic heterocycles. The summed E-state index contributed by atoms with van der Waals surface area (Å²) in [5.41, 5.74) is 2.90. The monoisotopic (exact) mass is 282 g/mol. The molecule has 1 aromatic heterocycles. The van der Waals surface area contributed by atoms with Gasteiger partial charge in [0, 0.05) is 24.5 Å². The summed E-state index contributed by atoms with van der Waals surface area (Å²) >= 11 is 1.82. The summed E-state index contributed by atoms with van der Waals surface area (Å²) in [6, 6.07) is 13.0. The van der Waals surface area contributed by atoms with Gasteiger partial charge < -0.3 is 4.90 Å². The maximum Gasteiger partial charge on any atom is 0.177 e. The summed E-state index contributed by atoms with van der Waals surface area (Å²) in [4.78, 5) is 7.05. The van der Waals surface area contributed by atoms with Crippen LogP contribution in [0, 0.1) is 0 Å². The lowest BCUT2D eigenvalue weighted by Gasteiger charge is -2.32. The highest BCUT2D eigenvalue weighted by Crippen LogP contribution is 2.34. The fourth-order valence-electron chi connectivity index (χ4n) is 2.76. The van der Waals surface area contributed by atoms with Crippen molar-refractivity contribution in [3.63, 3.8) is 0 Å². The van der Waals surface area contributed by atoms with Crippen LogP contribution in [0.1, 0.15) is 11.1 Å². The van der Waals surface area contributed by atoms with Crippen molar-refractivity contribution in [2.75, 3.05) is 5.75 Å². The molecule has 5 heteroatoms. The SMILES string of the molecule is c1cnnc(N=C2SC[C@@H]3Cc4ccccc4CN23)c1. The van der Waals surface area contributed by atoms with Crippen LogP contribution in [0.4, 0.5) is 5.82 Å². The molecule has 4 rings (SSSR count). The number of thioether (sulfide) groups is 1. The quantitative estimate of drug-likeness (QED) is 0.806. The van der Waals surface area contributed by atoms with Crippen LogP contribution in [0.2, 0.25) is 0 Å². The Balaban J connectivity index is 1.65. The summed E-state index contributed by atoms with van der Waals surface area (Å²) in [6.07, 6.45) is 2.79. The van der Waals surface area contributed by atoms with Gasteiger partial charge in [-0.05, 0) is 29.7 Å². The lowest BCUT2D eigenvalue weighted by Crippen LogP contribution is -2.38. The average molecular weight is 282 g/mol. The number of aromatic nitrogens is 2. The smallest absolute Gasteiger partial charge is 0.177 e. The standard InChI is InChI=1S/C15H14N4S/c1-2-5-12-9-19-13(8-11(12)4-1)10-20-15(19)17-14-6-3-7-16-18-14/h1-7,13H,8-10H2/t13-/m0/s1. The van der Waals surface area contributed by atoms with E-state index < -0.39 is 0 Å². The largest absolute Gasteiger partial charge is 0.343 e. The molecule has 0 saturated carbocycles. The Morgan fingerprint density at radius 1 is 1.15 bits per heavy atom. The van der Waals surface area contributed by atoms with Gasteiger partial charge in [0.25, 0.3) is 0 Å². The third kappa shape index (κ3) is 2.08. The zero-order chi connectivity index (χ0) is 13.4. The van der Waals surface area contributed by atoms with E-state index in [0.29, 0.717) is 11.9 Å². The molecule has 4 nitrogen and oxygen atoms in total. The molecule has 2 aromatic rings. The predicted molar refractivity (Wildman–Crippen MR) is 81.1 cm³/mol. The number of hydrogen-bond acceptors (Lipinski definition) is 4. The van der Waals surface area contributed by atoms with Crippen LogP contribution >= 0.6 is 11.8 Å². The first-order valence-corrected chi connectivity index (χ1v) is 7.71. The molecule has 0 amide bonds. The molecular formula is C15H14N4S. The predicted octanol–water partition coefficient (Wildman–Crippen LogP) is 2.64. The van der Waals surface area contributed by atoms with Crippen LogP contribution in [0.25, 0.3) is 0 Å². The second kappa shape index (κ2) is 4.90. The zero-order valence-electron chi connectivity index (χ0n) is 10.9. The van der Waals surface area contributed by atoms with Crippen molar-refractivity contribution in [3.8, 4) is 0 Å². The Labute approximate surface area is 121 Å². The van der Waals surface area contributed by atoms with E-state index in [0.717, 1.165) is 23.9 Å². The maximum absolute atomic E-state index is 4.65. The molecule has 0 aliphatic carbocycles. The maximum atomic E-state index is 4.65. The second-order valence-electron chi connectivity index (χ2n) is 5.04. The van der Waals surface area contributed by atoms with E-state index in [1.165, 1.54) is 11.1 Å². The Bertz CT molecular complexity index is 656. The fraction of sp³-hybridized carbons (Fsp3) is 0.267. The van der Waals surface area contributed by atoms with Gasteiger partial charge in [-0.2, -0.15) is 5.10 Å². The van der Waals surface area contributed by atoms with Crippen molar-refractivity contribution in [3.05, 3.63) is 53.7 Å². The molecule has 1 fully saturated rings. The van der Waals surface area contributed by atoms with Crippen molar-refractivity contribution in [1.29, 1.82) is 0 Å². The third-order valence-corrected chi connectivity index (χ3v) is 4.91. The first-order chi connectivity index (χ1) is 9.90. The molecule has 20 heavy (non-hydrogen) atoms. The van der Waals surface area contributed by atoms with Crippen LogP contribution in [0.5, 0.6) is 0 Å². The normalized spacial score (nSPS) is 22.7. The summed E-state index contributed by atoms with van der Waals surface area (Å²) < 4.78 is 0. The van der Waals surface area contributed by atoms with Crippen LogP contribution in [-0.4, -0.2) is 32.1 Å². The number of aliphatic imine (C=N–C) groups is 1. The van der Waals surface area contributed by atoms with Gasteiger partial charge in [0.05, 0.1) is 0 Å². The first-order valence-electron chi connectivity index (χ1n) is 6.73. The summed E-state index contributed by atoms with van der Waals surface area (Å²) in [7, 11) is 0. The van der Waals surface area contributed by atoms with Crippen molar-refractivity contribution < 1.29 is 0 Å². The third-order valence-electron chi connectivity index (χ3n) is 3.77. The number of rotatable bonds is 1. The van der Waals surface area contributed by atoms with Crippen LogP contribution < -0.4 is 0 Å². The molecule has 0 radical (unpaired) electrons. The van der Waals surface area contributed by atoms with E-state index in [1.807, 2.05) is 23.9 Å². The van der Waals surface area contributed by atoms with Gasteiger partial charge >= 0.3 is 0 Å². The van der Waals surface area contributed by atoms with Crippen molar-refractivity contribution >= 4 is 22.7 Å². The Kier molecular flexibility index (Phi) is 2.92. The fourth-order valence-corrected chi connectivity index (χ4v) is 3.94. The molecule has 0 bridgehead atoms. The van der Waals surface area contributed by atoms with E-state index in [2.05, 4.69) is 44.4 Å². The van der Waals surface area contributed by atoms with Crippen LogP contribution in [0.3, 0.4) is 0 Å². The minimum Gasteiger partial charge on any atom is -0.343 e. The Hall–Kier alpha value is -1.88. The van der Waals surface area contributed by atoms with Crippen LogP contribution in [-0.2, 0) is 13.0 Å². The number of amidine groups is 1. The first kappa shape index (κ1) is 11.9. The average Bonchev–Trinajstić information content (AvgIpc) is 2.88. The molecule has 3 heterocycles. The number of benzene rings is 1. The van der Waals surface area contributed by atoms with E-state index in [1.54, 1.807) is 6.20 Å². The van der Waals surface area contributed by atoms with E-state index in [9.17, 15) is 0 Å². The van der Waals surface area contributed by atoms with Gasteiger partial charge in [-0.3, -0.25) is 0 Å². The van der Waals surface area contributed by atoms with E-state index in [4.69, 9.17) is 0 Å². The Morgan fingerprint density at radius 3 is 2.90 bits per heavy atom. The summed E-state index contributed by atoms with van der Waals surface area (Å²) in [5.74, 6) is 1.79. The minimum absolute atomic E-state index is 0.560. The molecule has 1 atom stereocenters. The number of fused-ring (bicyclic) bond motifs is 2. The molecule has 1 saturated heterocycles. The second-order valence-corrected chi connectivity index (χ2v) is 6.03. The zero-order valence-corrected chi connectivity index (χ0v) is 11.8. The van der Waals surface area contributed by atoms with Gasteiger partial charge in [-0.1, -0.05) is 36.0 Å². The van der Waals surface area contributed by atoms with Crippen LogP contribution in [0.15, 0.2) is 47.6 Å². The molecule has 100 valence electrons. The summed E-state index contributed by atoms with van der Waals surface area (Å²) in [5, 5.41) is 9.00. The van der Waals surface area contributed by atoms with Crippen molar-refractivity contribution in [1.82, 2.24) is 15.1 Å². The molecule has 0 N–H and O–H groups in total. The van der Waals surface area contributed by atoms with Crippen molar-refractivity contribution in [2.45, 2.75) is 19.0 Å². The van der Waals surface area contributed by atoms with Gasteiger partial charge in [-0.25, -0.2) is 4.99 Å². The lowest BCUT2D eigenvalue weighted by molar-refractivity contribution is 0.320. The highest BCUT2D eigenvalue weighted by molar-refractivity contribution is 8.14. The van der Waals surface area contributed by atoms with Gasteiger partial charge in [-0.15, -0.1) is 5.10 Å². The molecular weight excluding hydrogens is 268 g/mol. The minimum atomic E-state index is 0.560. The van der Waals surface area contributed by atoms with Gasteiger partial charge in [0.1, 0.15) is 0 Å². The lowest BCUT2D eigenvalue weighted by atomic mass is 9.95.